The van der Waals surface area contributed by atoms with Crippen LogP contribution in [0.2, 0.25) is 0 Å². The number of nitrogens with zero attached hydrogens (tertiary/aromatic N) is 1. The number of halogens is 1. The molecule has 1 atom stereocenters. The van der Waals surface area contributed by atoms with Crippen molar-refractivity contribution in [2.45, 2.75) is 25.4 Å². The number of carbonyl (C=O) groups excluding carboxylic acids is 1. The van der Waals surface area contributed by atoms with Gasteiger partial charge in [-0.15, -0.1) is 0 Å². The van der Waals surface area contributed by atoms with Crippen molar-refractivity contribution in [1.82, 2.24) is 4.90 Å². The van der Waals surface area contributed by atoms with Gasteiger partial charge in [0, 0.05) is 18.9 Å². The number of carbonyl (C=O) groups is 1. The van der Waals surface area contributed by atoms with Gasteiger partial charge in [-0.1, -0.05) is 34.5 Å². The lowest BCUT2D eigenvalue weighted by atomic mass is 10.2. The maximum Gasteiger partial charge on any atom is 0.267 e. The zero-order chi connectivity index (χ0) is 14.4. The molecule has 0 radical (unpaired) electrons. The smallest absolute Gasteiger partial charge is 0.267 e. The standard InChI is InChI=1S/C15H20BrNO3/c1-17(10-6-2-5-9-16)15(18)14-11-19-12-7-3-4-8-13(12)20-14/h3-4,7-8,14H,2,5-6,9-11H2,1H3. The first kappa shape index (κ1) is 15.2. The molecule has 20 heavy (non-hydrogen) atoms. The third kappa shape index (κ3) is 3.88. The number of likely N-dealkylation sites (N-methyl/N-ethyl adjacent to an activating group) is 1. The van der Waals surface area contributed by atoms with Crippen molar-refractivity contribution >= 4 is 21.8 Å². The van der Waals surface area contributed by atoms with Gasteiger partial charge in [-0.05, 0) is 25.0 Å². The molecule has 0 saturated carbocycles. The van der Waals surface area contributed by atoms with Gasteiger partial charge in [0.1, 0.15) is 6.61 Å². The van der Waals surface area contributed by atoms with Gasteiger partial charge in [-0.25, -0.2) is 0 Å². The van der Waals surface area contributed by atoms with Gasteiger partial charge in [0.25, 0.3) is 5.91 Å². The number of para-hydroxylation sites is 2. The second-order valence-corrected chi connectivity index (χ2v) is 5.67. The van der Waals surface area contributed by atoms with E-state index >= 15 is 0 Å². The van der Waals surface area contributed by atoms with Crippen molar-refractivity contribution in [3.05, 3.63) is 24.3 Å². The molecule has 110 valence electrons. The van der Waals surface area contributed by atoms with Crippen LogP contribution in [0.15, 0.2) is 24.3 Å². The van der Waals surface area contributed by atoms with Crippen LogP contribution in [0.25, 0.3) is 0 Å². The van der Waals surface area contributed by atoms with E-state index < -0.39 is 6.10 Å². The molecule has 0 spiro atoms. The summed E-state index contributed by atoms with van der Waals surface area (Å²) in [6.45, 7) is 1.04. The average Bonchev–Trinajstić information content (AvgIpc) is 2.50. The monoisotopic (exact) mass is 341 g/mol. The van der Waals surface area contributed by atoms with Crippen molar-refractivity contribution in [2.24, 2.45) is 0 Å². The lowest BCUT2D eigenvalue weighted by Gasteiger charge is -2.28. The number of alkyl halides is 1. The fourth-order valence-electron chi connectivity index (χ4n) is 2.12. The highest BCUT2D eigenvalue weighted by Gasteiger charge is 2.29. The molecule has 1 aromatic carbocycles. The van der Waals surface area contributed by atoms with Crippen LogP contribution in [0.1, 0.15) is 19.3 Å². The summed E-state index contributed by atoms with van der Waals surface area (Å²) < 4.78 is 11.3. The largest absolute Gasteiger partial charge is 0.485 e. The number of hydrogen-bond donors (Lipinski definition) is 0. The van der Waals surface area contributed by atoms with E-state index in [2.05, 4.69) is 15.9 Å². The quantitative estimate of drug-likeness (QED) is 0.589. The summed E-state index contributed by atoms with van der Waals surface area (Å²) in [7, 11) is 1.82. The summed E-state index contributed by atoms with van der Waals surface area (Å²) in [5.74, 6) is 1.33. The van der Waals surface area contributed by atoms with E-state index in [-0.39, 0.29) is 12.5 Å². The Kier molecular flexibility index (Phi) is 5.71. The SMILES string of the molecule is CN(CCCCCBr)C(=O)C1COc2ccccc2O1. The Balaban J connectivity index is 1.84. The summed E-state index contributed by atoms with van der Waals surface area (Å²) in [5, 5.41) is 1.01. The Labute approximate surface area is 128 Å². The molecule has 4 nitrogen and oxygen atoms in total. The predicted molar refractivity (Wildman–Crippen MR) is 81.6 cm³/mol. The van der Waals surface area contributed by atoms with Crippen LogP contribution < -0.4 is 9.47 Å². The predicted octanol–water partition coefficient (Wildman–Crippen LogP) is 2.85. The Hall–Kier alpha value is -1.23. The molecule has 1 amide bonds. The molecule has 0 aromatic heterocycles. The van der Waals surface area contributed by atoms with E-state index in [1.54, 1.807) is 4.90 Å². The fraction of sp³-hybridized carbons (Fsp3) is 0.533. The summed E-state index contributed by atoms with van der Waals surface area (Å²) in [4.78, 5) is 14.0. The Bertz CT molecular complexity index is 452. The van der Waals surface area contributed by atoms with Crippen LogP contribution in [0.4, 0.5) is 0 Å². The van der Waals surface area contributed by atoms with E-state index in [0.717, 1.165) is 31.1 Å². The Morgan fingerprint density at radius 2 is 2.05 bits per heavy atom. The van der Waals surface area contributed by atoms with Gasteiger partial charge in [0.05, 0.1) is 0 Å². The number of benzene rings is 1. The Morgan fingerprint density at radius 1 is 1.30 bits per heavy atom. The maximum atomic E-state index is 12.3. The summed E-state index contributed by atoms with van der Waals surface area (Å²) in [6, 6.07) is 7.43. The molecule has 0 saturated heterocycles. The van der Waals surface area contributed by atoms with Gasteiger partial charge in [0.15, 0.2) is 11.5 Å². The molecule has 1 aliphatic heterocycles. The minimum atomic E-state index is -0.536. The van der Waals surface area contributed by atoms with E-state index in [4.69, 9.17) is 9.47 Å². The molecule has 0 N–H and O–H groups in total. The van der Waals surface area contributed by atoms with Gasteiger partial charge in [0.2, 0.25) is 6.10 Å². The molecule has 2 rings (SSSR count). The minimum absolute atomic E-state index is 0.0154. The van der Waals surface area contributed by atoms with Crippen LogP contribution in [-0.4, -0.2) is 42.4 Å². The molecule has 1 aliphatic rings. The fourth-order valence-corrected chi connectivity index (χ4v) is 2.51. The van der Waals surface area contributed by atoms with Crippen LogP contribution in [0, 0.1) is 0 Å². The van der Waals surface area contributed by atoms with E-state index in [1.807, 2.05) is 31.3 Å². The molecular formula is C15H20BrNO3. The Morgan fingerprint density at radius 3 is 2.80 bits per heavy atom. The molecule has 5 heteroatoms. The molecular weight excluding hydrogens is 322 g/mol. The maximum absolute atomic E-state index is 12.3. The first-order chi connectivity index (χ1) is 9.72. The number of fused-ring (bicyclic) bond motifs is 1. The zero-order valence-corrected chi connectivity index (χ0v) is 13.3. The number of rotatable bonds is 6. The molecule has 0 fully saturated rings. The lowest BCUT2D eigenvalue weighted by Crippen LogP contribution is -2.45. The third-order valence-electron chi connectivity index (χ3n) is 3.29. The second kappa shape index (κ2) is 7.53. The summed E-state index contributed by atoms with van der Waals surface area (Å²) >= 11 is 3.41. The van der Waals surface area contributed by atoms with Crippen molar-refractivity contribution in [3.8, 4) is 11.5 Å². The molecule has 1 unspecified atom stereocenters. The summed E-state index contributed by atoms with van der Waals surface area (Å²) in [6.07, 6.45) is 2.73. The first-order valence-electron chi connectivity index (χ1n) is 6.92. The molecule has 0 bridgehead atoms. The van der Waals surface area contributed by atoms with Crippen LogP contribution in [-0.2, 0) is 4.79 Å². The van der Waals surface area contributed by atoms with Gasteiger partial charge < -0.3 is 14.4 Å². The number of hydrogen-bond acceptors (Lipinski definition) is 3. The first-order valence-corrected chi connectivity index (χ1v) is 8.04. The molecule has 0 aliphatic carbocycles. The normalized spacial score (nSPS) is 16.8. The average molecular weight is 342 g/mol. The lowest BCUT2D eigenvalue weighted by molar-refractivity contribution is -0.139. The van der Waals surface area contributed by atoms with Crippen molar-refractivity contribution in [3.63, 3.8) is 0 Å². The van der Waals surface area contributed by atoms with Crippen LogP contribution in [0.5, 0.6) is 11.5 Å². The summed E-state index contributed by atoms with van der Waals surface area (Å²) in [5.41, 5.74) is 0. The van der Waals surface area contributed by atoms with Crippen molar-refractivity contribution < 1.29 is 14.3 Å². The van der Waals surface area contributed by atoms with Crippen LogP contribution >= 0.6 is 15.9 Å². The third-order valence-corrected chi connectivity index (χ3v) is 3.85. The van der Waals surface area contributed by atoms with Gasteiger partial charge in [-0.3, -0.25) is 4.79 Å². The van der Waals surface area contributed by atoms with E-state index in [9.17, 15) is 4.79 Å². The number of unbranched alkanes of at least 4 members (excludes halogenated alkanes) is 2. The highest BCUT2D eigenvalue weighted by Crippen LogP contribution is 2.31. The molecule has 1 heterocycles. The highest BCUT2D eigenvalue weighted by molar-refractivity contribution is 9.09. The topological polar surface area (TPSA) is 38.8 Å². The van der Waals surface area contributed by atoms with Crippen molar-refractivity contribution in [2.75, 3.05) is 25.5 Å². The highest BCUT2D eigenvalue weighted by atomic mass is 79.9. The van der Waals surface area contributed by atoms with E-state index in [1.165, 1.54) is 0 Å². The minimum Gasteiger partial charge on any atom is -0.485 e. The number of amides is 1. The second-order valence-electron chi connectivity index (χ2n) is 4.87. The van der Waals surface area contributed by atoms with Gasteiger partial charge in [-0.2, -0.15) is 0 Å². The van der Waals surface area contributed by atoms with Gasteiger partial charge >= 0.3 is 0 Å². The molecule has 1 aromatic rings. The number of ether oxygens (including phenoxy) is 2. The van der Waals surface area contributed by atoms with Crippen molar-refractivity contribution in [1.29, 1.82) is 0 Å². The zero-order valence-electron chi connectivity index (χ0n) is 11.7. The van der Waals surface area contributed by atoms with Crippen LogP contribution in [0.3, 0.4) is 0 Å². The van der Waals surface area contributed by atoms with E-state index in [0.29, 0.717) is 11.5 Å².